The molecule has 2 amide bonds. The number of rotatable bonds is 7. The molecule has 1 fully saturated rings. The summed E-state index contributed by atoms with van der Waals surface area (Å²) in [4.78, 5) is 26.7. The van der Waals surface area contributed by atoms with Gasteiger partial charge >= 0.3 is 0 Å². The molecule has 1 saturated heterocycles. The summed E-state index contributed by atoms with van der Waals surface area (Å²) in [5.74, 6) is -0.701. The second kappa shape index (κ2) is 10.9. The molecule has 184 valence electrons. The maximum atomic E-state index is 15.1. The largest absolute Gasteiger partial charge is 0.353 e. The van der Waals surface area contributed by atoms with Gasteiger partial charge in [0.15, 0.2) is 0 Å². The Morgan fingerprint density at radius 1 is 1.06 bits per heavy atom. The van der Waals surface area contributed by atoms with Gasteiger partial charge < -0.3 is 21.3 Å². The Hall–Kier alpha value is -3.42. The van der Waals surface area contributed by atoms with Crippen molar-refractivity contribution >= 4 is 47.0 Å². The van der Waals surface area contributed by atoms with E-state index >= 15 is 4.39 Å². The average molecular weight is 497 g/mol. The fourth-order valence-corrected chi connectivity index (χ4v) is 4.28. The molecule has 35 heavy (non-hydrogen) atoms. The van der Waals surface area contributed by atoms with Crippen molar-refractivity contribution in [1.82, 2.24) is 0 Å². The third kappa shape index (κ3) is 5.99. The maximum Gasteiger partial charge on any atom is 0.228 e. The van der Waals surface area contributed by atoms with Crippen LogP contribution in [0.3, 0.4) is 0 Å². The van der Waals surface area contributed by atoms with Crippen LogP contribution in [0.25, 0.3) is 0 Å². The molecule has 4 N–H and O–H groups in total. The summed E-state index contributed by atoms with van der Waals surface area (Å²) in [7, 11) is 0. The number of nitrogens with one attached hydrogen (secondary N) is 2. The molecule has 0 aliphatic carbocycles. The highest BCUT2D eigenvalue weighted by atomic mass is 35.5. The van der Waals surface area contributed by atoms with Gasteiger partial charge in [0.2, 0.25) is 11.8 Å². The van der Waals surface area contributed by atoms with E-state index in [-0.39, 0.29) is 36.2 Å². The first-order valence-electron chi connectivity index (χ1n) is 11.3. The molecule has 0 bridgehead atoms. The minimum atomic E-state index is -0.471. The van der Waals surface area contributed by atoms with Crippen molar-refractivity contribution in [3.63, 3.8) is 0 Å². The van der Waals surface area contributed by atoms with Crippen LogP contribution in [0.2, 0.25) is 0 Å². The van der Waals surface area contributed by atoms with Crippen molar-refractivity contribution in [2.24, 2.45) is 5.73 Å². The van der Waals surface area contributed by atoms with Gasteiger partial charge in [-0.25, -0.2) is 4.39 Å². The molecule has 1 heterocycles. The van der Waals surface area contributed by atoms with Crippen LogP contribution in [0.15, 0.2) is 66.7 Å². The van der Waals surface area contributed by atoms with Crippen LogP contribution in [0.1, 0.15) is 37.8 Å². The van der Waals surface area contributed by atoms with E-state index in [0.717, 1.165) is 23.4 Å². The molecule has 1 aliphatic heterocycles. The lowest BCUT2D eigenvalue weighted by atomic mass is 10.0. The Morgan fingerprint density at radius 3 is 2.43 bits per heavy atom. The number of nitrogens with zero attached hydrogens (tertiary/aromatic N) is 1. The van der Waals surface area contributed by atoms with E-state index in [1.165, 1.54) is 0 Å². The van der Waals surface area contributed by atoms with Gasteiger partial charge in [-0.05, 0) is 73.9 Å². The lowest BCUT2D eigenvalue weighted by Crippen LogP contribution is -2.40. The van der Waals surface area contributed by atoms with Crippen molar-refractivity contribution < 1.29 is 14.0 Å². The smallest absolute Gasteiger partial charge is 0.228 e. The summed E-state index contributed by atoms with van der Waals surface area (Å²) in [6.07, 6.45) is 1.23. The van der Waals surface area contributed by atoms with E-state index in [1.807, 2.05) is 50.2 Å². The van der Waals surface area contributed by atoms with Gasteiger partial charge in [-0.2, -0.15) is 0 Å². The highest BCUT2D eigenvalue weighted by molar-refractivity contribution is 5.98. The van der Waals surface area contributed by atoms with Crippen LogP contribution in [0.5, 0.6) is 0 Å². The van der Waals surface area contributed by atoms with Gasteiger partial charge in [-0.1, -0.05) is 24.3 Å². The molecule has 4 rings (SSSR count). The monoisotopic (exact) mass is 496 g/mol. The minimum absolute atomic E-state index is 0. The highest BCUT2D eigenvalue weighted by Gasteiger charge is 2.38. The lowest BCUT2D eigenvalue weighted by molar-refractivity contribution is -0.117. The molecule has 0 saturated carbocycles. The second-order valence-electron chi connectivity index (χ2n) is 9.12. The Morgan fingerprint density at radius 2 is 1.77 bits per heavy atom. The number of benzene rings is 3. The molecule has 0 unspecified atom stereocenters. The molecule has 0 radical (unpaired) electrons. The van der Waals surface area contributed by atoms with Crippen LogP contribution in [-0.4, -0.2) is 17.4 Å². The number of hydrogen-bond acceptors (Lipinski definition) is 4. The summed E-state index contributed by atoms with van der Waals surface area (Å²) in [5, 5.41) is 5.87. The zero-order valence-electron chi connectivity index (χ0n) is 19.8. The van der Waals surface area contributed by atoms with Crippen molar-refractivity contribution in [3.8, 4) is 0 Å². The highest BCUT2D eigenvalue weighted by Crippen LogP contribution is 2.35. The van der Waals surface area contributed by atoms with Crippen LogP contribution >= 0.6 is 12.4 Å². The second-order valence-corrected chi connectivity index (χ2v) is 9.12. The molecule has 6 nitrogen and oxygen atoms in total. The number of amides is 2. The Bertz CT molecular complexity index is 1210. The number of anilines is 4. The van der Waals surface area contributed by atoms with Gasteiger partial charge in [-0.15, -0.1) is 12.4 Å². The van der Waals surface area contributed by atoms with Crippen LogP contribution in [0.4, 0.5) is 27.1 Å². The molecule has 8 heteroatoms. The number of carbonyl (C=O) groups excluding carboxylic acids is 2. The third-order valence-electron chi connectivity index (χ3n) is 6.09. The summed E-state index contributed by atoms with van der Waals surface area (Å²) < 4.78 is 15.1. The normalized spacial score (nSPS) is 14.4. The lowest BCUT2D eigenvalue weighted by Gasteiger charge is -2.31. The first kappa shape index (κ1) is 26.2. The number of halogens is 2. The maximum absolute atomic E-state index is 15.1. The van der Waals surface area contributed by atoms with Crippen molar-refractivity contribution in [3.05, 3.63) is 83.7 Å². The van der Waals surface area contributed by atoms with Gasteiger partial charge in [0, 0.05) is 35.6 Å². The molecule has 0 spiro atoms. The first-order chi connectivity index (χ1) is 16.3. The van der Waals surface area contributed by atoms with E-state index < -0.39 is 5.82 Å². The van der Waals surface area contributed by atoms with Gasteiger partial charge in [-0.3, -0.25) is 9.59 Å². The fourth-order valence-electron chi connectivity index (χ4n) is 4.28. The van der Waals surface area contributed by atoms with E-state index in [0.29, 0.717) is 29.9 Å². The summed E-state index contributed by atoms with van der Waals surface area (Å²) in [6.45, 7) is 4.48. The van der Waals surface area contributed by atoms with E-state index in [2.05, 4.69) is 10.6 Å². The Balaban J connectivity index is 0.00000342. The average Bonchev–Trinajstić information content (AvgIpc) is 3.09. The summed E-state index contributed by atoms with van der Waals surface area (Å²) in [5.41, 5.74) is 9.08. The van der Waals surface area contributed by atoms with E-state index in [1.54, 1.807) is 35.2 Å². The number of hydrogen-bond donors (Lipinski definition) is 3. The predicted molar refractivity (Wildman–Crippen MR) is 141 cm³/mol. The minimum Gasteiger partial charge on any atom is -0.353 e. The van der Waals surface area contributed by atoms with Crippen molar-refractivity contribution in [1.29, 1.82) is 0 Å². The van der Waals surface area contributed by atoms with Crippen LogP contribution in [-0.2, 0) is 22.6 Å². The summed E-state index contributed by atoms with van der Waals surface area (Å²) in [6, 6.07) is 19.5. The van der Waals surface area contributed by atoms with E-state index in [9.17, 15) is 9.59 Å². The van der Waals surface area contributed by atoms with Crippen LogP contribution < -0.4 is 21.3 Å². The number of carbonyl (C=O) groups is 2. The quantitative estimate of drug-likeness (QED) is 0.401. The van der Waals surface area contributed by atoms with Crippen molar-refractivity contribution in [2.45, 2.75) is 45.2 Å². The molecular formula is C27H30ClFN4O2. The predicted octanol–water partition coefficient (Wildman–Crippen LogP) is 5.54. The Labute approximate surface area is 211 Å². The molecule has 3 aromatic carbocycles. The van der Waals surface area contributed by atoms with Gasteiger partial charge in [0.1, 0.15) is 5.82 Å². The van der Waals surface area contributed by atoms with Crippen molar-refractivity contribution in [2.75, 3.05) is 15.5 Å². The standard InChI is InChI=1S/C27H29FN4O2.ClH/c1-27(2)14-13-25(34)32(27)22-11-9-20(10-12-22)31-24(33)16-19-6-4-8-23(26(19)28)30-21-7-3-5-18(15-21)17-29;/h3-12,15,30H,13-14,16-17,29H2,1-2H3,(H,31,33);1H. The molecule has 0 atom stereocenters. The first-order valence-corrected chi connectivity index (χ1v) is 11.3. The fraction of sp³-hybridized carbons (Fsp3) is 0.259. The SMILES string of the molecule is CC1(C)CCC(=O)N1c1ccc(NC(=O)Cc2cccc(Nc3cccc(CN)c3)c2F)cc1.Cl. The van der Waals surface area contributed by atoms with E-state index in [4.69, 9.17) is 5.73 Å². The molecule has 3 aromatic rings. The zero-order chi connectivity index (χ0) is 24.3. The molecule has 1 aliphatic rings. The third-order valence-corrected chi connectivity index (χ3v) is 6.09. The van der Waals surface area contributed by atoms with Gasteiger partial charge in [0.05, 0.1) is 12.1 Å². The van der Waals surface area contributed by atoms with Gasteiger partial charge in [0.25, 0.3) is 0 Å². The zero-order valence-corrected chi connectivity index (χ0v) is 20.6. The molecule has 0 aromatic heterocycles. The number of nitrogens with two attached hydrogens (primary N) is 1. The molecular weight excluding hydrogens is 467 g/mol. The Kier molecular flexibility index (Phi) is 8.14. The topological polar surface area (TPSA) is 87.5 Å². The summed E-state index contributed by atoms with van der Waals surface area (Å²) >= 11 is 0. The van der Waals surface area contributed by atoms with Crippen LogP contribution in [0, 0.1) is 5.82 Å².